The minimum Gasteiger partial charge on any atom is -0.461 e. The Kier molecular flexibility index (Phi) is 2.85. The van der Waals surface area contributed by atoms with Crippen molar-refractivity contribution >= 4 is 11.7 Å². The number of allylic oxidation sites excluding steroid dienone is 1. The quantitative estimate of drug-likeness (QED) is 0.714. The Balaban J connectivity index is 2.16. The molecule has 0 radical (unpaired) electrons. The molecule has 0 spiro atoms. The molecule has 1 aromatic heterocycles. The van der Waals surface area contributed by atoms with Gasteiger partial charge in [0.1, 0.15) is 5.70 Å². The van der Waals surface area contributed by atoms with E-state index < -0.39 is 0 Å². The summed E-state index contributed by atoms with van der Waals surface area (Å²) in [5.74, 6) is -0.361. The number of ether oxygens (including phenoxy) is 1. The van der Waals surface area contributed by atoms with E-state index in [0.29, 0.717) is 18.7 Å². The largest absolute Gasteiger partial charge is 0.461 e. The van der Waals surface area contributed by atoms with E-state index in [2.05, 4.69) is 10.1 Å². The zero-order chi connectivity index (χ0) is 11.5. The van der Waals surface area contributed by atoms with Crippen LogP contribution in [0.3, 0.4) is 0 Å². The summed E-state index contributed by atoms with van der Waals surface area (Å²) in [5.41, 5.74) is 2.16. The summed E-state index contributed by atoms with van der Waals surface area (Å²) >= 11 is 0. The molecule has 1 aromatic rings. The first kappa shape index (κ1) is 10.6. The number of carbonyl (C=O) groups is 1. The molecule has 0 saturated carbocycles. The van der Waals surface area contributed by atoms with Gasteiger partial charge in [-0.1, -0.05) is 0 Å². The van der Waals surface area contributed by atoms with Crippen molar-refractivity contribution in [1.29, 1.82) is 0 Å². The predicted octanol–water partition coefficient (Wildman–Crippen LogP) is 1.06. The summed E-state index contributed by atoms with van der Waals surface area (Å²) in [5, 5.41) is 4.06. The molecule has 0 saturated heterocycles. The van der Waals surface area contributed by atoms with E-state index in [9.17, 15) is 4.79 Å². The standard InChI is InChI=1S/C11H13N3O2/c1-3-16-11(15)9-5-4-8(13-9)10-6-7-12-14(10)2/h5-7H,3-4H2,1-2H3. The van der Waals surface area contributed by atoms with Gasteiger partial charge in [-0.3, -0.25) is 4.68 Å². The summed E-state index contributed by atoms with van der Waals surface area (Å²) in [7, 11) is 1.85. The SMILES string of the molecule is CCOC(=O)C1=CCC(c2ccnn2C)=N1. The van der Waals surface area contributed by atoms with Crippen molar-refractivity contribution in [2.75, 3.05) is 6.61 Å². The summed E-state index contributed by atoms with van der Waals surface area (Å²) < 4.78 is 6.62. The Bertz CT molecular complexity index is 471. The van der Waals surface area contributed by atoms with E-state index in [-0.39, 0.29) is 5.97 Å². The lowest BCUT2D eigenvalue weighted by Gasteiger charge is -2.00. The van der Waals surface area contributed by atoms with Crippen LogP contribution in [0.15, 0.2) is 29.0 Å². The van der Waals surface area contributed by atoms with E-state index >= 15 is 0 Å². The van der Waals surface area contributed by atoms with Crippen LogP contribution in [0.5, 0.6) is 0 Å². The summed E-state index contributed by atoms with van der Waals surface area (Å²) in [6, 6.07) is 1.88. The van der Waals surface area contributed by atoms with E-state index in [4.69, 9.17) is 4.74 Å². The second-order valence-electron chi connectivity index (χ2n) is 3.41. The molecule has 1 aliphatic rings. The summed E-state index contributed by atoms with van der Waals surface area (Å²) in [6.45, 7) is 2.14. The fourth-order valence-corrected chi connectivity index (χ4v) is 1.58. The van der Waals surface area contributed by atoms with Crippen LogP contribution >= 0.6 is 0 Å². The van der Waals surface area contributed by atoms with E-state index in [0.717, 1.165) is 11.4 Å². The summed E-state index contributed by atoms with van der Waals surface area (Å²) in [4.78, 5) is 15.7. The lowest BCUT2D eigenvalue weighted by atomic mass is 10.2. The molecule has 5 heteroatoms. The Morgan fingerprint density at radius 1 is 1.62 bits per heavy atom. The van der Waals surface area contributed by atoms with Crippen molar-refractivity contribution < 1.29 is 9.53 Å². The Morgan fingerprint density at radius 2 is 2.44 bits per heavy atom. The van der Waals surface area contributed by atoms with Gasteiger partial charge in [0.05, 0.1) is 18.0 Å². The highest BCUT2D eigenvalue weighted by molar-refractivity contribution is 6.06. The first-order chi connectivity index (χ1) is 7.72. The first-order valence-corrected chi connectivity index (χ1v) is 5.15. The Labute approximate surface area is 93.4 Å². The third kappa shape index (κ3) is 1.88. The topological polar surface area (TPSA) is 56.5 Å². The van der Waals surface area contributed by atoms with Gasteiger partial charge in [-0.2, -0.15) is 5.10 Å². The molecule has 0 aliphatic carbocycles. The number of aromatic nitrogens is 2. The molecule has 0 bridgehead atoms. The Morgan fingerprint density at radius 3 is 3.06 bits per heavy atom. The van der Waals surface area contributed by atoms with Crippen LogP contribution in [0, 0.1) is 0 Å². The van der Waals surface area contributed by atoms with Crippen molar-refractivity contribution in [3.05, 3.63) is 29.7 Å². The van der Waals surface area contributed by atoms with Gasteiger partial charge in [0.25, 0.3) is 0 Å². The van der Waals surface area contributed by atoms with E-state index in [1.807, 2.05) is 13.1 Å². The maximum absolute atomic E-state index is 11.4. The lowest BCUT2D eigenvalue weighted by molar-refractivity contribution is -0.138. The fourth-order valence-electron chi connectivity index (χ4n) is 1.58. The number of esters is 1. The monoisotopic (exact) mass is 219 g/mol. The van der Waals surface area contributed by atoms with Gasteiger partial charge in [0.2, 0.25) is 0 Å². The van der Waals surface area contributed by atoms with Crippen LogP contribution < -0.4 is 0 Å². The molecule has 16 heavy (non-hydrogen) atoms. The number of hydrogen-bond acceptors (Lipinski definition) is 4. The maximum Gasteiger partial charge on any atom is 0.356 e. The molecule has 5 nitrogen and oxygen atoms in total. The number of aliphatic imine (C=N–C) groups is 1. The van der Waals surface area contributed by atoms with Crippen molar-refractivity contribution in [3.63, 3.8) is 0 Å². The molecule has 1 aliphatic heterocycles. The van der Waals surface area contributed by atoms with Gasteiger partial charge in [-0.25, -0.2) is 9.79 Å². The van der Waals surface area contributed by atoms with Crippen molar-refractivity contribution in [2.24, 2.45) is 12.0 Å². The average molecular weight is 219 g/mol. The minimum atomic E-state index is -0.361. The van der Waals surface area contributed by atoms with Gasteiger partial charge < -0.3 is 4.74 Å². The highest BCUT2D eigenvalue weighted by Crippen LogP contribution is 2.16. The van der Waals surface area contributed by atoms with E-state index in [1.54, 1.807) is 23.9 Å². The molecule has 0 amide bonds. The predicted molar refractivity (Wildman–Crippen MR) is 59.1 cm³/mol. The average Bonchev–Trinajstić information content (AvgIpc) is 2.86. The van der Waals surface area contributed by atoms with Crippen molar-refractivity contribution in [2.45, 2.75) is 13.3 Å². The van der Waals surface area contributed by atoms with Crippen LogP contribution in [0.4, 0.5) is 0 Å². The number of hydrogen-bond donors (Lipinski definition) is 0. The van der Waals surface area contributed by atoms with Crippen LogP contribution in [-0.4, -0.2) is 28.1 Å². The second kappa shape index (κ2) is 4.30. The van der Waals surface area contributed by atoms with E-state index in [1.165, 1.54) is 0 Å². The molecule has 2 rings (SSSR count). The fraction of sp³-hybridized carbons (Fsp3) is 0.364. The number of carbonyl (C=O) groups excluding carboxylic acids is 1. The zero-order valence-corrected chi connectivity index (χ0v) is 9.30. The number of aryl methyl sites for hydroxylation is 1. The van der Waals surface area contributed by atoms with Crippen molar-refractivity contribution in [3.8, 4) is 0 Å². The lowest BCUT2D eigenvalue weighted by Crippen LogP contribution is -2.07. The normalized spacial score (nSPS) is 14.6. The van der Waals surface area contributed by atoms with Crippen LogP contribution in [0.25, 0.3) is 0 Å². The van der Waals surface area contributed by atoms with Crippen LogP contribution in [0.2, 0.25) is 0 Å². The maximum atomic E-state index is 11.4. The molecule has 84 valence electrons. The van der Waals surface area contributed by atoms with Gasteiger partial charge in [-0.05, 0) is 19.1 Å². The molecule has 0 fully saturated rings. The van der Waals surface area contributed by atoms with Gasteiger partial charge in [0.15, 0.2) is 0 Å². The highest BCUT2D eigenvalue weighted by atomic mass is 16.5. The van der Waals surface area contributed by atoms with Gasteiger partial charge in [-0.15, -0.1) is 0 Å². The van der Waals surface area contributed by atoms with Crippen molar-refractivity contribution in [1.82, 2.24) is 9.78 Å². The molecular weight excluding hydrogens is 206 g/mol. The molecule has 0 N–H and O–H groups in total. The summed E-state index contributed by atoms with van der Waals surface area (Å²) in [6.07, 6.45) is 4.13. The smallest absolute Gasteiger partial charge is 0.356 e. The third-order valence-electron chi connectivity index (χ3n) is 2.35. The molecule has 2 heterocycles. The molecule has 0 atom stereocenters. The third-order valence-corrected chi connectivity index (χ3v) is 2.35. The van der Waals surface area contributed by atoms with Gasteiger partial charge in [0, 0.05) is 19.7 Å². The van der Waals surface area contributed by atoms with Crippen LogP contribution in [-0.2, 0) is 16.6 Å². The highest BCUT2D eigenvalue weighted by Gasteiger charge is 2.18. The van der Waals surface area contributed by atoms with Gasteiger partial charge >= 0.3 is 5.97 Å². The molecular formula is C11H13N3O2. The number of rotatable bonds is 3. The second-order valence-corrected chi connectivity index (χ2v) is 3.41. The molecule has 0 aromatic carbocycles. The molecule has 0 unspecified atom stereocenters. The number of nitrogens with zero attached hydrogens (tertiary/aromatic N) is 3. The van der Waals surface area contributed by atoms with Crippen LogP contribution in [0.1, 0.15) is 19.0 Å². The zero-order valence-electron chi connectivity index (χ0n) is 9.30. The first-order valence-electron chi connectivity index (χ1n) is 5.15. The Hall–Kier alpha value is -1.91. The minimum absolute atomic E-state index is 0.361.